The first-order valence-corrected chi connectivity index (χ1v) is 8.36. The molecule has 0 N–H and O–H groups in total. The molecule has 3 rings (SSSR count). The van der Waals surface area contributed by atoms with Gasteiger partial charge >= 0.3 is 0 Å². The van der Waals surface area contributed by atoms with Gasteiger partial charge in [0.2, 0.25) is 0 Å². The molecule has 1 aromatic carbocycles. The lowest BCUT2D eigenvalue weighted by molar-refractivity contribution is 0.0790. The molecule has 0 unspecified atom stereocenters. The van der Waals surface area contributed by atoms with Crippen molar-refractivity contribution in [2.75, 3.05) is 7.05 Å². The quantitative estimate of drug-likeness (QED) is 0.669. The van der Waals surface area contributed by atoms with E-state index in [9.17, 15) is 9.59 Å². The monoisotopic (exact) mass is 339 g/mol. The van der Waals surface area contributed by atoms with E-state index < -0.39 is 0 Å². The van der Waals surface area contributed by atoms with Crippen LogP contribution in [0.2, 0.25) is 0 Å². The van der Waals surface area contributed by atoms with Gasteiger partial charge in [0.05, 0.1) is 16.8 Å². The van der Waals surface area contributed by atoms with Crippen molar-refractivity contribution < 1.29 is 9.59 Å². The maximum atomic E-state index is 12.5. The number of ketones is 1. The highest BCUT2D eigenvalue weighted by Crippen LogP contribution is 2.18. The van der Waals surface area contributed by atoms with Crippen LogP contribution in [0, 0.1) is 0 Å². The Bertz CT molecular complexity index is 867. The highest BCUT2D eigenvalue weighted by molar-refractivity contribution is 7.12. The Morgan fingerprint density at radius 2 is 2.00 bits per heavy atom. The summed E-state index contributed by atoms with van der Waals surface area (Å²) in [6.45, 7) is 1.96. The van der Waals surface area contributed by atoms with Gasteiger partial charge in [0.1, 0.15) is 0 Å². The molecule has 6 heteroatoms. The average molecular weight is 339 g/mol. The summed E-state index contributed by atoms with van der Waals surface area (Å²) in [5, 5.41) is 6.05. The van der Waals surface area contributed by atoms with E-state index in [2.05, 4.69) is 5.10 Å². The summed E-state index contributed by atoms with van der Waals surface area (Å²) in [6.07, 6.45) is 3.67. The third-order valence-corrected chi connectivity index (χ3v) is 4.56. The molecule has 2 heterocycles. The van der Waals surface area contributed by atoms with Crippen LogP contribution in [0.3, 0.4) is 0 Å². The summed E-state index contributed by atoms with van der Waals surface area (Å²) in [5.74, 6) is -0.128. The summed E-state index contributed by atoms with van der Waals surface area (Å²) >= 11 is 1.29. The predicted octanol–water partition coefficient (Wildman–Crippen LogP) is 3.41. The lowest BCUT2D eigenvalue weighted by Gasteiger charge is -2.14. The van der Waals surface area contributed by atoms with Gasteiger partial charge in [0, 0.05) is 36.3 Å². The third-order valence-electron chi connectivity index (χ3n) is 3.64. The van der Waals surface area contributed by atoms with Crippen molar-refractivity contribution >= 4 is 23.0 Å². The zero-order chi connectivity index (χ0) is 17.1. The summed E-state index contributed by atoms with van der Waals surface area (Å²) in [5.41, 5.74) is 2.49. The van der Waals surface area contributed by atoms with Crippen LogP contribution in [-0.4, -0.2) is 33.4 Å². The molecule has 122 valence electrons. The Hall–Kier alpha value is -2.73. The molecular formula is C18H17N3O2S. The maximum Gasteiger partial charge on any atom is 0.263 e. The van der Waals surface area contributed by atoms with Gasteiger partial charge in [-0.15, -0.1) is 11.3 Å². The summed E-state index contributed by atoms with van der Waals surface area (Å²) in [4.78, 5) is 26.0. The van der Waals surface area contributed by atoms with Crippen LogP contribution in [0.1, 0.15) is 32.5 Å². The lowest BCUT2D eigenvalue weighted by atomic mass is 10.2. The van der Waals surface area contributed by atoms with Crippen molar-refractivity contribution in [3.05, 3.63) is 70.2 Å². The van der Waals surface area contributed by atoms with Crippen LogP contribution in [-0.2, 0) is 6.54 Å². The number of para-hydroxylation sites is 1. The SMILES string of the molecule is CC(=O)c1csc(C(=O)N(C)Cc2cnn(-c3ccccc3)c2)c1. The first kappa shape index (κ1) is 16.1. The zero-order valence-corrected chi connectivity index (χ0v) is 14.3. The zero-order valence-electron chi connectivity index (χ0n) is 13.5. The second kappa shape index (κ2) is 6.80. The minimum Gasteiger partial charge on any atom is -0.337 e. The van der Waals surface area contributed by atoms with Gasteiger partial charge in [-0.2, -0.15) is 5.10 Å². The van der Waals surface area contributed by atoms with Crippen LogP contribution >= 0.6 is 11.3 Å². The van der Waals surface area contributed by atoms with E-state index in [-0.39, 0.29) is 11.7 Å². The number of amides is 1. The van der Waals surface area contributed by atoms with E-state index in [1.807, 2.05) is 36.5 Å². The summed E-state index contributed by atoms with van der Waals surface area (Å²) < 4.78 is 1.78. The Kier molecular flexibility index (Phi) is 4.57. The van der Waals surface area contributed by atoms with Gasteiger partial charge in [0.15, 0.2) is 5.78 Å². The van der Waals surface area contributed by atoms with E-state index >= 15 is 0 Å². The Labute approximate surface area is 144 Å². The Balaban J connectivity index is 1.70. The lowest BCUT2D eigenvalue weighted by Crippen LogP contribution is -2.25. The van der Waals surface area contributed by atoms with E-state index in [4.69, 9.17) is 0 Å². The predicted molar refractivity (Wildman–Crippen MR) is 93.7 cm³/mol. The minimum atomic E-state index is -0.0973. The van der Waals surface area contributed by atoms with Crippen molar-refractivity contribution in [1.82, 2.24) is 14.7 Å². The highest BCUT2D eigenvalue weighted by atomic mass is 32.1. The molecular weight excluding hydrogens is 322 g/mol. The standard InChI is InChI=1S/C18H17N3O2S/c1-13(22)15-8-17(24-12-15)18(23)20(2)10-14-9-19-21(11-14)16-6-4-3-5-7-16/h3-9,11-12H,10H2,1-2H3. The number of carbonyl (C=O) groups excluding carboxylic acids is 2. The number of benzene rings is 1. The maximum absolute atomic E-state index is 12.5. The van der Waals surface area contributed by atoms with E-state index in [1.165, 1.54) is 18.3 Å². The van der Waals surface area contributed by atoms with Crippen molar-refractivity contribution in [1.29, 1.82) is 0 Å². The minimum absolute atomic E-state index is 0.0305. The fourth-order valence-corrected chi connectivity index (χ4v) is 3.27. The number of hydrogen-bond donors (Lipinski definition) is 0. The Morgan fingerprint density at radius 3 is 2.67 bits per heavy atom. The van der Waals surface area contributed by atoms with Crippen LogP contribution in [0.15, 0.2) is 54.2 Å². The number of hydrogen-bond acceptors (Lipinski definition) is 4. The van der Waals surface area contributed by atoms with Gasteiger partial charge in [0.25, 0.3) is 5.91 Å². The van der Waals surface area contributed by atoms with Gasteiger partial charge < -0.3 is 4.90 Å². The molecule has 3 aromatic rings. The first-order valence-electron chi connectivity index (χ1n) is 7.48. The van der Waals surface area contributed by atoms with E-state index in [0.717, 1.165) is 11.3 Å². The molecule has 0 aliphatic rings. The number of Topliss-reactive ketones (excluding diaryl/α,β-unsaturated/α-hetero) is 1. The molecule has 24 heavy (non-hydrogen) atoms. The number of rotatable bonds is 5. The summed E-state index contributed by atoms with van der Waals surface area (Å²) in [6, 6.07) is 11.5. The van der Waals surface area contributed by atoms with Crippen molar-refractivity contribution in [3.63, 3.8) is 0 Å². The van der Waals surface area contributed by atoms with Gasteiger partial charge in [-0.25, -0.2) is 4.68 Å². The molecule has 1 amide bonds. The fraction of sp³-hybridized carbons (Fsp3) is 0.167. The molecule has 0 saturated heterocycles. The average Bonchev–Trinajstić information content (AvgIpc) is 3.24. The van der Waals surface area contributed by atoms with E-state index in [0.29, 0.717) is 17.0 Å². The molecule has 0 spiro atoms. The van der Waals surface area contributed by atoms with Gasteiger partial charge in [-0.3, -0.25) is 9.59 Å². The van der Waals surface area contributed by atoms with Crippen LogP contribution < -0.4 is 0 Å². The van der Waals surface area contributed by atoms with Crippen LogP contribution in [0.25, 0.3) is 5.69 Å². The highest BCUT2D eigenvalue weighted by Gasteiger charge is 2.16. The molecule has 2 aromatic heterocycles. The fourth-order valence-electron chi connectivity index (χ4n) is 2.33. The molecule has 0 atom stereocenters. The Morgan fingerprint density at radius 1 is 1.25 bits per heavy atom. The number of thiophene rings is 1. The summed E-state index contributed by atoms with van der Waals surface area (Å²) in [7, 11) is 1.75. The molecule has 5 nitrogen and oxygen atoms in total. The molecule has 0 fully saturated rings. The second-order valence-corrected chi connectivity index (χ2v) is 6.46. The number of aromatic nitrogens is 2. The van der Waals surface area contributed by atoms with Crippen LogP contribution in [0.4, 0.5) is 0 Å². The number of carbonyl (C=O) groups is 2. The second-order valence-electron chi connectivity index (χ2n) is 5.55. The number of nitrogens with zero attached hydrogens (tertiary/aromatic N) is 3. The van der Waals surface area contributed by atoms with Crippen molar-refractivity contribution in [3.8, 4) is 5.69 Å². The smallest absolute Gasteiger partial charge is 0.263 e. The first-order chi connectivity index (χ1) is 11.5. The van der Waals surface area contributed by atoms with Gasteiger partial charge in [-0.1, -0.05) is 18.2 Å². The largest absolute Gasteiger partial charge is 0.337 e. The molecule has 0 aliphatic heterocycles. The van der Waals surface area contributed by atoms with E-state index in [1.54, 1.807) is 34.3 Å². The normalized spacial score (nSPS) is 10.6. The van der Waals surface area contributed by atoms with Crippen molar-refractivity contribution in [2.24, 2.45) is 0 Å². The third kappa shape index (κ3) is 3.44. The molecule has 0 saturated carbocycles. The topological polar surface area (TPSA) is 55.2 Å². The van der Waals surface area contributed by atoms with Crippen molar-refractivity contribution in [2.45, 2.75) is 13.5 Å². The van der Waals surface area contributed by atoms with Crippen LogP contribution in [0.5, 0.6) is 0 Å². The molecule has 0 aliphatic carbocycles. The molecule has 0 bridgehead atoms. The van der Waals surface area contributed by atoms with Gasteiger partial charge in [-0.05, 0) is 25.1 Å². The molecule has 0 radical (unpaired) electrons.